The highest BCUT2D eigenvalue weighted by atomic mass is 14.9. The van der Waals surface area contributed by atoms with Crippen LogP contribution < -0.4 is 5.73 Å². The third kappa shape index (κ3) is 5.12. The molecule has 0 amide bonds. The first-order chi connectivity index (χ1) is 10.3. The Labute approximate surface area is 128 Å². The van der Waals surface area contributed by atoms with Gasteiger partial charge in [0.25, 0.3) is 0 Å². The molecule has 0 aliphatic carbocycles. The second-order valence-electron chi connectivity index (χ2n) is 3.89. The fourth-order valence-electron chi connectivity index (χ4n) is 1.84. The van der Waals surface area contributed by atoms with Crippen molar-refractivity contribution in [1.82, 2.24) is 9.97 Å². The Morgan fingerprint density at radius 1 is 1.05 bits per heavy atom. The number of fused-ring (bicyclic) bond motifs is 1. The summed E-state index contributed by atoms with van der Waals surface area (Å²) in [6, 6.07) is 8.10. The van der Waals surface area contributed by atoms with Gasteiger partial charge in [-0.05, 0) is 33.9 Å². The largest absolute Gasteiger partial charge is 0.333 e. The average molecular weight is 285 g/mol. The smallest absolute Gasteiger partial charge is 0.159 e. The number of benzene rings is 1. The summed E-state index contributed by atoms with van der Waals surface area (Å²) >= 11 is 0. The van der Waals surface area contributed by atoms with Crippen molar-refractivity contribution in [3.63, 3.8) is 0 Å². The lowest BCUT2D eigenvalue weighted by molar-refractivity contribution is 1.11. The quantitative estimate of drug-likeness (QED) is 0.825. The third-order valence-corrected chi connectivity index (χ3v) is 2.71. The molecule has 0 fully saturated rings. The van der Waals surface area contributed by atoms with Crippen molar-refractivity contribution < 1.29 is 0 Å². The van der Waals surface area contributed by atoms with Gasteiger partial charge in [-0.3, -0.25) is 0 Å². The van der Waals surface area contributed by atoms with E-state index in [1.165, 1.54) is 7.05 Å². The Hall–Kier alpha value is -2.00. The van der Waals surface area contributed by atoms with E-state index in [9.17, 15) is 0 Å². The highest BCUT2D eigenvalue weighted by Crippen LogP contribution is 2.19. The van der Waals surface area contributed by atoms with E-state index in [-0.39, 0.29) is 0 Å². The highest BCUT2D eigenvalue weighted by Gasteiger charge is 2.05. The molecule has 0 spiro atoms. The maximum Gasteiger partial charge on any atom is 0.159 e. The zero-order valence-electron chi connectivity index (χ0n) is 14.0. The van der Waals surface area contributed by atoms with Crippen molar-refractivity contribution in [1.29, 1.82) is 0 Å². The average Bonchev–Trinajstić information content (AvgIpc) is 2.56. The van der Waals surface area contributed by atoms with Gasteiger partial charge in [0.15, 0.2) is 5.82 Å². The maximum atomic E-state index is 4.60. The van der Waals surface area contributed by atoms with Crippen molar-refractivity contribution in [3.8, 4) is 0 Å². The maximum absolute atomic E-state index is 4.60. The van der Waals surface area contributed by atoms with Crippen LogP contribution in [0.3, 0.4) is 0 Å². The van der Waals surface area contributed by atoms with Crippen molar-refractivity contribution in [2.24, 2.45) is 5.73 Å². The molecule has 0 bridgehead atoms. The Kier molecular flexibility index (Phi) is 9.72. The third-order valence-electron chi connectivity index (χ3n) is 2.71. The molecule has 0 aliphatic heterocycles. The molecule has 2 rings (SSSR count). The Morgan fingerprint density at radius 3 is 2.24 bits per heavy atom. The van der Waals surface area contributed by atoms with Crippen LogP contribution in [0.15, 0.2) is 42.5 Å². The van der Waals surface area contributed by atoms with E-state index in [4.69, 9.17) is 0 Å². The fourth-order valence-corrected chi connectivity index (χ4v) is 1.84. The van der Waals surface area contributed by atoms with Crippen molar-refractivity contribution in [3.05, 3.63) is 54.0 Å². The van der Waals surface area contributed by atoms with Crippen LogP contribution in [0.5, 0.6) is 0 Å². The molecular weight excluding hydrogens is 258 g/mol. The molecule has 0 unspecified atom stereocenters. The molecule has 2 N–H and O–H groups in total. The van der Waals surface area contributed by atoms with Gasteiger partial charge >= 0.3 is 0 Å². The second-order valence-corrected chi connectivity index (χ2v) is 3.89. The first-order valence-electron chi connectivity index (χ1n) is 7.36. The number of rotatable bonds is 2. The summed E-state index contributed by atoms with van der Waals surface area (Å²) in [5, 5.41) is 1.12. The Morgan fingerprint density at radius 2 is 1.67 bits per heavy atom. The van der Waals surface area contributed by atoms with Gasteiger partial charge in [-0.1, -0.05) is 50.3 Å². The van der Waals surface area contributed by atoms with E-state index in [0.29, 0.717) is 0 Å². The molecule has 3 heteroatoms. The molecule has 114 valence electrons. The van der Waals surface area contributed by atoms with Crippen LogP contribution in [0.25, 0.3) is 16.5 Å². The van der Waals surface area contributed by atoms with Gasteiger partial charge in [0.05, 0.1) is 5.52 Å². The molecule has 1 aromatic carbocycles. The van der Waals surface area contributed by atoms with E-state index in [1.807, 2.05) is 71.0 Å². The number of aryl methyl sites for hydroxylation is 1. The van der Waals surface area contributed by atoms with E-state index >= 15 is 0 Å². The number of hydrogen-bond donors (Lipinski definition) is 1. The SMILES string of the molecule is C/C=C\C(=C/C)c1nc(C)c2ccccc2n1.CC.CN. The van der Waals surface area contributed by atoms with Crippen LogP contribution in [0.4, 0.5) is 0 Å². The molecule has 21 heavy (non-hydrogen) atoms. The summed E-state index contributed by atoms with van der Waals surface area (Å²) in [5.74, 6) is 0.793. The van der Waals surface area contributed by atoms with Gasteiger partial charge in [0.2, 0.25) is 0 Å². The van der Waals surface area contributed by atoms with Gasteiger partial charge in [-0.25, -0.2) is 9.97 Å². The van der Waals surface area contributed by atoms with E-state index in [1.54, 1.807) is 0 Å². The lowest BCUT2D eigenvalue weighted by Crippen LogP contribution is -1.96. The van der Waals surface area contributed by atoms with Crippen molar-refractivity contribution >= 4 is 16.5 Å². The summed E-state index contributed by atoms with van der Waals surface area (Å²) in [6.07, 6.45) is 6.07. The number of nitrogens with zero attached hydrogens (tertiary/aromatic N) is 2. The van der Waals surface area contributed by atoms with E-state index in [0.717, 1.165) is 28.0 Å². The summed E-state index contributed by atoms with van der Waals surface area (Å²) in [5.41, 5.74) is 7.58. The molecule has 0 saturated carbocycles. The number of nitrogens with two attached hydrogens (primary N) is 1. The monoisotopic (exact) mass is 285 g/mol. The minimum atomic E-state index is 0.793. The minimum Gasteiger partial charge on any atom is -0.333 e. The van der Waals surface area contributed by atoms with Crippen LogP contribution in [0.1, 0.15) is 39.2 Å². The van der Waals surface area contributed by atoms with E-state index in [2.05, 4.69) is 21.8 Å². The van der Waals surface area contributed by atoms with Crippen LogP contribution in [-0.4, -0.2) is 17.0 Å². The summed E-state index contributed by atoms with van der Waals surface area (Å²) in [6.45, 7) is 10.0. The van der Waals surface area contributed by atoms with Gasteiger partial charge < -0.3 is 5.73 Å². The number of aromatic nitrogens is 2. The normalized spacial score (nSPS) is 10.7. The fraction of sp³-hybridized carbons (Fsp3) is 0.333. The standard InChI is InChI=1S/C15H16N2.C2H6.CH5N/c1-4-8-12(5-2)15-16-11(3)13-9-6-7-10-14(13)17-15;2*1-2/h4-10H,1-3H3;1-2H3;2H2,1H3/b8-4-,12-5+;;. The molecule has 0 atom stereocenters. The predicted octanol–water partition coefficient (Wildman–Crippen LogP) is 4.52. The second kappa shape index (κ2) is 10.7. The van der Waals surface area contributed by atoms with Crippen LogP contribution in [0.2, 0.25) is 0 Å². The number of allylic oxidation sites excluding steroid dienone is 4. The van der Waals surface area contributed by atoms with Gasteiger partial charge in [0.1, 0.15) is 0 Å². The molecule has 1 aromatic heterocycles. The molecule has 1 heterocycles. The van der Waals surface area contributed by atoms with E-state index < -0.39 is 0 Å². The van der Waals surface area contributed by atoms with Gasteiger partial charge in [0, 0.05) is 16.7 Å². The molecular formula is C18H27N3. The van der Waals surface area contributed by atoms with Crippen molar-refractivity contribution in [2.45, 2.75) is 34.6 Å². The van der Waals surface area contributed by atoms with Gasteiger partial charge in [-0.2, -0.15) is 0 Å². The molecule has 3 nitrogen and oxygen atoms in total. The minimum absolute atomic E-state index is 0.793. The Balaban J connectivity index is 0.000000921. The van der Waals surface area contributed by atoms with Gasteiger partial charge in [-0.15, -0.1) is 0 Å². The lowest BCUT2D eigenvalue weighted by Gasteiger charge is -2.05. The van der Waals surface area contributed by atoms with Crippen LogP contribution >= 0.6 is 0 Å². The number of para-hydroxylation sites is 1. The zero-order valence-corrected chi connectivity index (χ0v) is 14.0. The van der Waals surface area contributed by atoms with Crippen LogP contribution in [0, 0.1) is 6.92 Å². The first-order valence-corrected chi connectivity index (χ1v) is 7.36. The zero-order chi connectivity index (χ0) is 16.3. The summed E-state index contributed by atoms with van der Waals surface area (Å²) in [7, 11) is 1.50. The summed E-state index contributed by atoms with van der Waals surface area (Å²) < 4.78 is 0. The summed E-state index contributed by atoms with van der Waals surface area (Å²) in [4.78, 5) is 9.16. The van der Waals surface area contributed by atoms with Crippen molar-refractivity contribution in [2.75, 3.05) is 7.05 Å². The predicted molar refractivity (Wildman–Crippen MR) is 94.2 cm³/mol. The molecule has 0 radical (unpaired) electrons. The van der Waals surface area contributed by atoms with Crippen LogP contribution in [-0.2, 0) is 0 Å². The molecule has 0 saturated heterocycles. The number of hydrogen-bond acceptors (Lipinski definition) is 3. The first kappa shape index (κ1) is 19.0. The lowest BCUT2D eigenvalue weighted by atomic mass is 10.1. The molecule has 2 aromatic rings. The highest BCUT2D eigenvalue weighted by molar-refractivity contribution is 5.83. The Bertz CT molecular complexity index is 598. The molecule has 0 aliphatic rings. The topological polar surface area (TPSA) is 51.8 Å².